The Kier molecular flexibility index (Phi) is 6.25. The van der Waals surface area contributed by atoms with Gasteiger partial charge in [0.05, 0.1) is 5.69 Å². The van der Waals surface area contributed by atoms with Crippen LogP contribution < -0.4 is 21.5 Å². The Balaban J connectivity index is 1.95. The lowest BCUT2D eigenvalue weighted by molar-refractivity contribution is -0.132. The molecule has 10 heteroatoms. The number of pyridine rings is 1. The van der Waals surface area contributed by atoms with Crippen molar-refractivity contribution >= 4 is 28.9 Å². The molecule has 1 aromatic carbocycles. The van der Waals surface area contributed by atoms with Crippen LogP contribution in [0.3, 0.4) is 0 Å². The van der Waals surface area contributed by atoms with Crippen LogP contribution in [0.2, 0.25) is 0 Å². The zero-order valence-electron chi connectivity index (χ0n) is 19.0. The third-order valence-electron chi connectivity index (χ3n) is 6.12. The molecule has 2 aromatic rings. The lowest BCUT2D eigenvalue weighted by Crippen LogP contribution is -2.51. The maximum Gasteiger partial charge on any atom is 0.275 e. The highest BCUT2D eigenvalue weighted by atomic mass is 16.3. The summed E-state index contributed by atoms with van der Waals surface area (Å²) in [5, 5.41) is 16.3. The molecule has 1 fully saturated rings. The largest absolute Gasteiger partial charge is 0.504 e. The third-order valence-corrected chi connectivity index (χ3v) is 6.12. The zero-order valence-corrected chi connectivity index (χ0v) is 19.0. The summed E-state index contributed by atoms with van der Waals surface area (Å²) in [5.41, 5.74) is -2.04. The smallest absolute Gasteiger partial charge is 0.275 e. The number of aromatic hydroxyl groups is 1. The van der Waals surface area contributed by atoms with Crippen LogP contribution in [0.15, 0.2) is 21.9 Å². The summed E-state index contributed by atoms with van der Waals surface area (Å²) in [7, 11) is 6.34. The molecule has 0 bridgehead atoms. The fourth-order valence-electron chi connectivity index (χ4n) is 4.11. The molecule has 0 aliphatic heterocycles. The van der Waals surface area contributed by atoms with Gasteiger partial charge in [0.15, 0.2) is 11.4 Å². The number of rotatable bonds is 7. The van der Waals surface area contributed by atoms with E-state index in [1.807, 2.05) is 6.92 Å². The normalized spacial score (nSPS) is 15.9. The molecule has 2 amide bonds. The molecule has 3 rings (SSSR count). The highest BCUT2D eigenvalue weighted by molar-refractivity contribution is 5.97. The van der Waals surface area contributed by atoms with Crippen molar-refractivity contribution in [3.63, 3.8) is 0 Å². The second-order valence-electron chi connectivity index (χ2n) is 8.96. The van der Waals surface area contributed by atoms with E-state index in [9.17, 15) is 24.3 Å². The van der Waals surface area contributed by atoms with Crippen LogP contribution in [0.1, 0.15) is 43.1 Å². The van der Waals surface area contributed by atoms with Gasteiger partial charge in [-0.2, -0.15) is 0 Å². The summed E-state index contributed by atoms with van der Waals surface area (Å²) < 4.78 is 0. The van der Waals surface area contributed by atoms with Gasteiger partial charge in [-0.05, 0) is 24.3 Å². The number of hydrogen-bond donors (Lipinski definition) is 3. The highest BCUT2D eigenvalue weighted by Crippen LogP contribution is 2.42. The number of nitrogens with one attached hydrogen (secondary N) is 2. The Morgan fingerprint density at radius 1 is 1.06 bits per heavy atom. The Labute approximate surface area is 185 Å². The average molecular weight is 444 g/mol. The summed E-state index contributed by atoms with van der Waals surface area (Å²) in [6.45, 7) is 2.01. The SMILES string of the molecule is CN(C)C(=O)c1nccc(Nc2c(NC(C(=O)N(C)C)C3(C)CCCC3)c(=O)c2=O)c1O. The molecule has 32 heavy (non-hydrogen) atoms. The molecule has 0 radical (unpaired) electrons. The van der Waals surface area contributed by atoms with E-state index in [0.29, 0.717) is 0 Å². The van der Waals surface area contributed by atoms with Crippen LogP contribution in [-0.2, 0) is 4.79 Å². The van der Waals surface area contributed by atoms with Crippen molar-refractivity contribution in [3.05, 3.63) is 38.4 Å². The van der Waals surface area contributed by atoms with E-state index in [-0.39, 0.29) is 34.1 Å². The molecule has 1 unspecified atom stereocenters. The molecule has 1 aromatic heterocycles. The van der Waals surface area contributed by atoms with Crippen LogP contribution in [0.5, 0.6) is 5.75 Å². The summed E-state index contributed by atoms with van der Waals surface area (Å²) in [6.07, 6.45) is 4.93. The second-order valence-corrected chi connectivity index (χ2v) is 8.96. The van der Waals surface area contributed by atoms with E-state index >= 15 is 0 Å². The van der Waals surface area contributed by atoms with Gasteiger partial charge in [-0.3, -0.25) is 19.2 Å². The van der Waals surface area contributed by atoms with Crippen LogP contribution in [0.4, 0.5) is 17.1 Å². The first-order valence-corrected chi connectivity index (χ1v) is 10.5. The molecule has 1 aliphatic rings. The first-order chi connectivity index (χ1) is 15.0. The number of anilines is 3. The minimum atomic E-state index is -0.767. The summed E-state index contributed by atoms with van der Waals surface area (Å²) in [6, 6.07) is 0.712. The molecule has 172 valence electrons. The second kappa shape index (κ2) is 8.60. The number of aromatic nitrogens is 1. The van der Waals surface area contributed by atoms with Crippen molar-refractivity contribution in [1.29, 1.82) is 0 Å². The molecule has 10 nitrogen and oxygen atoms in total. The Hall–Kier alpha value is -3.43. The van der Waals surface area contributed by atoms with Crippen molar-refractivity contribution in [2.75, 3.05) is 38.8 Å². The van der Waals surface area contributed by atoms with E-state index in [0.717, 1.165) is 25.7 Å². The molecular weight excluding hydrogens is 414 g/mol. The fraction of sp³-hybridized carbons (Fsp3) is 0.500. The number of carbonyl (C=O) groups is 2. The lowest BCUT2D eigenvalue weighted by atomic mass is 9.79. The number of hydrogen-bond acceptors (Lipinski definition) is 8. The Bertz CT molecular complexity index is 1110. The van der Waals surface area contributed by atoms with Gasteiger partial charge in [-0.1, -0.05) is 19.8 Å². The molecule has 0 spiro atoms. The molecular formula is C22H29N5O5. The van der Waals surface area contributed by atoms with Crippen molar-refractivity contribution in [2.45, 2.75) is 38.6 Å². The molecule has 0 saturated heterocycles. The van der Waals surface area contributed by atoms with Crippen LogP contribution >= 0.6 is 0 Å². The molecule has 1 saturated carbocycles. The van der Waals surface area contributed by atoms with E-state index in [1.165, 1.54) is 36.2 Å². The summed E-state index contributed by atoms with van der Waals surface area (Å²) >= 11 is 0. The van der Waals surface area contributed by atoms with E-state index in [2.05, 4.69) is 15.6 Å². The van der Waals surface area contributed by atoms with Crippen LogP contribution in [0.25, 0.3) is 0 Å². The van der Waals surface area contributed by atoms with Gasteiger partial charge in [0.2, 0.25) is 5.91 Å². The number of amides is 2. The quantitative estimate of drug-likeness (QED) is 0.545. The molecule has 1 aliphatic carbocycles. The monoisotopic (exact) mass is 443 g/mol. The van der Waals surface area contributed by atoms with Gasteiger partial charge in [-0.15, -0.1) is 0 Å². The number of carbonyl (C=O) groups excluding carboxylic acids is 2. The van der Waals surface area contributed by atoms with E-state index < -0.39 is 28.6 Å². The van der Waals surface area contributed by atoms with Crippen LogP contribution in [-0.4, -0.2) is 65.9 Å². The van der Waals surface area contributed by atoms with Gasteiger partial charge in [0.1, 0.15) is 17.4 Å². The average Bonchev–Trinajstić information content (AvgIpc) is 3.20. The van der Waals surface area contributed by atoms with Gasteiger partial charge < -0.3 is 25.5 Å². The number of nitrogens with zero attached hydrogens (tertiary/aromatic N) is 3. The lowest BCUT2D eigenvalue weighted by Gasteiger charge is -2.36. The molecule has 3 N–H and O–H groups in total. The zero-order chi connectivity index (χ0) is 23.8. The van der Waals surface area contributed by atoms with Crippen molar-refractivity contribution in [2.24, 2.45) is 5.41 Å². The van der Waals surface area contributed by atoms with Crippen molar-refractivity contribution in [1.82, 2.24) is 14.8 Å². The standard InChI is InChI=1S/C22H29N5O5/c1-22(9-6-7-10-22)19(21(32)27(4)5)25-14-13(17(29)18(14)30)24-12-8-11-23-15(16(12)28)20(31)26(2)3/h8,11,19,25,28H,6-7,9-10H2,1-5H3,(H,23,24). The van der Waals surface area contributed by atoms with E-state index in [1.54, 1.807) is 14.1 Å². The third kappa shape index (κ3) is 4.04. The van der Waals surface area contributed by atoms with E-state index in [4.69, 9.17) is 0 Å². The predicted octanol–water partition coefficient (Wildman–Crippen LogP) is 1.28. The van der Waals surface area contributed by atoms with Gasteiger partial charge in [0.25, 0.3) is 16.8 Å². The van der Waals surface area contributed by atoms with Crippen molar-refractivity contribution in [3.8, 4) is 5.75 Å². The first-order valence-electron chi connectivity index (χ1n) is 10.5. The maximum absolute atomic E-state index is 12.9. The fourth-order valence-corrected chi connectivity index (χ4v) is 4.11. The van der Waals surface area contributed by atoms with Gasteiger partial charge in [0, 0.05) is 34.4 Å². The molecule has 1 atom stereocenters. The Morgan fingerprint density at radius 2 is 1.66 bits per heavy atom. The minimum absolute atomic E-state index is 0.0000216. The summed E-state index contributed by atoms with van der Waals surface area (Å²) in [4.78, 5) is 56.5. The topological polar surface area (TPSA) is 132 Å². The maximum atomic E-state index is 12.9. The first kappa shape index (κ1) is 23.2. The summed E-state index contributed by atoms with van der Waals surface area (Å²) in [5.74, 6) is -1.13. The minimum Gasteiger partial charge on any atom is -0.504 e. The van der Waals surface area contributed by atoms with Crippen LogP contribution in [0, 0.1) is 5.41 Å². The van der Waals surface area contributed by atoms with Crippen molar-refractivity contribution < 1.29 is 14.7 Å². The molecule has 1 heterocycles. The number of likely N-dealkylation sites (N-methyl/N-ethyl adjacent to an activating group) is 1. The predicted molar refractivity (Wildman–Crippen MR) is 121 cm³/mol. The highest BCUT2D eigenvalue weighted by Gasteiger charge is 2.43. The van der Waals surface area contributed by atoms with Gasteiger partial charge in [-0.25, -0.2) is 4.98 Å². The Morgan fingerprint density at radius 3 is 2.22 bits per heavy atom. The van der Waals surface area contributed by atoms with Gasteiger partial charge >= 0.3 is 0 Å².